The molecule has 1 aliphatic rings. The smallest absolute Gasteiger partial charge is 0.416 e. The Kier molecular flexibility index (Phi) is 13.2. The second kappa shape index (κ2) is 17.3. The lowest BCUT2D eigenvalue weighted by Crippen LogP contribution is -2.32. The van der Waals surface area contributed by atoms with Crippen molar-refractivity contribution < 1.29 is 32.2 Å². The summed E-state index contributed by atoms with van der Waals surface area (Å²) in [6.45, 7) is 3.98. The fourth-order valence-corrected chi connectivity index (χ4v) is 5.95. The second-order valence-corrected chi connectivity index (χ2v) is 12.4. The van der Waals surface area contributed by atoms with Crippen LogP contribution in [0.3, 0.4) is 0 Å². The van der Waals surface area contributed by atoms with Gasteiger partial charge in [-0.25, -0.2) is 9.97 Å². The summed E-state index contributed by atoms with van der Waals surface area (Å²) in [6, 6.07) is 11.6. The highest BCUT2D eigenvalue weighted by Gasteiger charge is 2.32. The third-order valence-corrected chi connectivity index (χ3v) is 8.68. The molecule has 3 aromatic rings. The molecule has 1 fully saturated rings. The van der Waals surface area contributed by atoms with Gasteiger partial charge in [0.05, 0.1) is 38.3 Å². The summed E-state index contributed by atoms with van der Waals surface area (Å²) in [7, 11) is 1.61. The molecule has 0 unspecified atom stereocenters. The minimum absolute atomic E-state index is 0.0946. The van der Waals surface area contributed by atoms with Crippen LogP contribution in [0, 0.1) is 11.8 Å². The molecule has 0 bridgehead atoms. The monoisotopic (exact) mass is 660 g/mol. The van der Waals surface area contributed by atoms with Crippen LogP contribution in [-0.2, 0) is 28.8 Å². The molecule has 4 rings (SSSR count). The molecule has 12 heteroatoms. The predicted octanol–water partition coefficient (Wildman–Crippen LogP) is 7.62. The van der Waals surface area contributed by atoms with Crippen LogP contribution < -0.4 is 19.7 Å². The highest BCUT2D eigenvalue weighted by Crippen LogP contribution is 2.36. The Balaban J connectivity index is 1.56. The van der Waals surface area contributed by atoms with Gasteiger partial charge in [0.2, 0.25) is 5.95 Å². The minimum atomic E-state index is -4.49. The Morgan fingerprint density at radius 2 is 1.72 bits per heavy atom. The van der Waals surface area contributed by atoms with E-state index in [0.29, 0.717) is 67.5 Å². The molecule has 0 atom stereocenters. The quantitative estimate of drug-likeness (QED) is 0.123. The van der Waals surface area contributed by atoms with E-state index in [1.54, 1.807) is 37.3 Å². The van der Waals surface area contributed by atoms with Crippen molar-refractivity contribution in [1.29, 1.82) is 0 Å². The first-order chi connectivity index (χ1) is 22.2. The van der Waals surface area contributed by atoms with Crippen LogP contribution >= 0.6 is 11.8 Å². The lowest BCUT2D eigenvalue weighted by Gasteiger charge is -2.35. The standard InChI is InChI=1S/C34H43F3N4O4S/c1-4-44-32(42)17-24-5-7-25(8-6-24)22-41(23-26-9-12-29(43-2)13-10-26)31-14-11-28(34(35,36)37)18-27(31)19-38-33-39-20-30(21-40-33)45-15-16-46-3/h9-14,18,20-21,24-25H,4-8,15-17,19,22-23H2,1-3H3,(H,38,39,40)/t24-,25-. The van der Waals surface area contributed by atoms with Crippen molar-refractivity contribution in [3.8, 4) is 11.5 Å². The van der Waals surface area contributed by atoms with Gasteiger partial charge in [-0.3, -0.25) is 4.79 Å². The van der Waals surface area contributed by atoms with E-state index in [4.69, 9.17) is 14.2 Å². The summed E-state index contributed by atoms with van der Waals surface area (Å²) in [4.78, 5) is 22.8. The maximum atomic E-state index is 13.9. The molecule has 1 aromatic heterocycles. The van der Waals surface area contributed by atoms with Gasteiger partial charge in [-0.05, 0) is 92.2 Å². The lowest BCUT2D eigenvalue weighted by atomic mass is 9.80. The maximum Gasteiger partial charge on any atom is 0.416 e. The van der Waals surface area contributed by atoms with E-state index in [1.807, 2.05) is 37.4 Å². The number of nitrogens with one attached hydrogen (secondary N) is 1. The van der Waals surface area contributed by atoms with Crippen LogP contribution in [0.4, 0.5) is 24.8 Å². The Morgan fingerprint density at radius 3 is 2.35 bits per heavy atom. The average molecular weight is 661 g/mol. The van der Waals surface area contributed by atoms with Crippen LogP contribution in [0.25, 0.3) is 0 Å². The highest BCUT2D eigenvalue weighted by atomic mass is 32.2. The molecule has 46 heavy (non-hydrogen) atoms. The minimum Gasteiger partial charge on any atom is -0.497 e. The number of benzene rings is 2. The summed E-state index contributed by atoms with van der Waals surface area (Å²) < 4.78 is 57.7. The van der Waals surface area contributed by atoms with Gasteiger partial charge in [0.1, 0.15) is 5.75 Å². The van der Waals surface area contributed by atoms with Crippen molar-refractivity contribution in [2.45, 2.75) is 58.3 Å². The number of halogens is 3. The number of ether oxygens (including phenoxy) is 3. The van der Waals surface area contributed by atoms with E-state index in [9.17, 15) is 18.0 Å². The summed E-state index contributed by atoms with van der Waals surface area (Å²) in [5.41, 5.74) is 1.50. The zero-order chi connectivity index (χ0) is 32.9. The zero-order valence-corrected chi connectivity index (χ0v) is 27.5. The third kappa shape index (κ3) is 10.7. The number of carbonyl (C=O) groups excluding carboxylic acids is 1. The Labute approximate surface area is 273 Å². The molecule has 1 heterocycles. The van der Waals surface area contributed by atoms with E-state index in [2.05, 4.69) is 20.2 Å². The van der Waals surface area contributed by atoms with Crippen LogP contribution in [0.1, 0.15) is 55.7 Å². The first-order valence-corrected chi connectivity index (χ1v) is 17.0. The summed E-state index contributed by atoms with van der Waals surface area (Å²) >= 11 is 1.67. The van der Waals surface area contributed by atoms with E-state index < -0.39 is 11.7 Å². The van der Waals surface area contributed by atoms with Crippen molar-refractivity contribution in [3.63, 3.8) is 0 Å². The molecule has 1 saturated carbocycles. The van der Waals surface area contributed by atoms with Gasteiger partial charge in [0, 0.05) is 37.5 Å². The number of methoxy groups -OCH3 is 1. The Bertz CT molecular complexity index is 1370. The molecule has 250 valence electrons. The van der Waals surface area contributed by atoms with Gasteiger partial charge >= 0.3 is 12.1 Å². The van der Waals surface area contributed by atoms with Crippen molar-refractivity contribution >= 4 is 29.4 Å². The fraction of sp³-hybridized carbons (Fsp3) is 0.500. The molecule has 0 spiro atoms. The SMILES string of the molecule is CCOC(=O)C[C@H]1CC[C@H](CN(Cc2ccc(OC)cc2)c2ccc(C(F)(F)F)cc2CNc2ncc(OCCSC)cn2)CC1. The number of nitrogens with zero attached hydrogens (tertiary/aromatic N) is 3. The highest BCUT2D eigenvalue weighted by molar-refractivity contribution is 7.98. The van der Waals surface area contributed by atoms with Gasteiger partial charge in [-0.2, -0.15) is 24.9 Å². The zero-order valence-electron chi connectivity index (χ0n) is 26.6. The van der Waals surface area contributed by atoms with Crippen LogP contribution in [-0.4, -0.2) is 54.8 Å². The van der Waals surface area contributed by atoms with Crippen LogP contribution in [0.15, 0.2) is 54.9 Å². The third-order valence-electron chi connectivity index (χ3n) is 8.11. The number of alkyl halides is 3. The van der Waals surface area contributed by atoms with Gasteiger partial charge in [-0.15, -0.1) is 0 Å². The molecule has 8 nitrogen and oxygen atoms in total. The Morgan fingerprint density at radius 1 is 1.02 bits per heavy atom. The van der Waals surface area contributed by atoms with E-state index >= 15 is 0 Å². The van der Waals surface area contributed by atoms with Gasteiger partial charge < -0.3 is 24.4 Å². The fourth-order valence-electron chi connectivity index (χ4n) is 5.70. The topological polar surface area (TPSA) is 85.8 Å². The number of anilines is 2. The van der Waals surface area contributed by atoms with Crippen LogP contribution in [0.5, 0.6) is 11.5 Å². The number of hydrogen-bond acceptors (Lipinski definition) is 9. The normalized spacial score (nSPS) is 16.5. The summed E-state index contributed by atoms with van der Waals surface area (Å²) in [5.74, 6) is 2.84. The van der Waals surface area contributed by atoms with Crippen molar-refractivity contribution in [2.24, 2.45) is 11.8 Å². The molecule has 2 aromatic carbocycles. The molecule has 0 saturated heterocycles. The number of esters is 1. The average Bonchev–Trinajstić information content (AvgIpc) is 3.05. The number of thioether (sulfide) groups is 1. The molecular weight excluding hydrogens is 617 g/mol. The van der Waals surface area contributed by atoms with Gasteiger partial charge in [0.25, 0.3) is 0 Å². The largest absolute Gasteiger partial charge is 0.497 e. The molecule has 0 amide bonds. The van der Waals surface area contributed by atoms with E-state index in [0.717, 1.165) is 48.8 Å². The second-order valence-electron chi connectivity index (χ2n) is 11.4. The molecular formula is C34H43F3N4O4S. The summed E-state index contributed by atoms with van der Waals surface area (Å²) in [6.07, 6.45) is 4.72. The van der Waals surface area contributed by atoms with Crippen molar-refractivity contribution in [1.82, 2.24) is 9.97 Å². The van der Waals surface area contributed by atoms with E-state index in [1.165, 1.54) is 6.07 Å². The Hall–Kier alpha value is -3.67. The first kappa shape index (κ1) is 35.2. The lowest BCUT2D eigenvalue weighted by molar-refractivity contribution is -0.144. The molecule has 0 radical (unpaired) electrons. The maximum absolute atomic E-state index is 13.9. The predicted molar refractivity (Wildman–Crippen MR) is 175 cm³/mol. The van der Waals surface area contributed by atoms with Gasteiger partial charge in [-0.1, -0.05) is 12.1 Å². The van der Waals surface area contributed by atoms with Gasteiger partial charge in [0.15, 0.2) is 5.75 Å². The number of carbonyl (C=O) groups is 1. The number of aromatic nitrogens is 2. The van der Waals surface area contributed by atoms with E-state index in [-0.39, 0.29) is 12.5 Å². The molecule has 0 aliphatic heterocycles. The first-order valence-electron chi connectivity index (χ1n) is 15.6. The summed E-state index contributed by atoms with van der Waals surface area (Å²) in [5, 5.41) is 3.11. The van der Waals surface area contributed by atoms with Crippen molar-refractivity contribution in [3.05, 3.63) is 71.5 Å². The molecule has 1 aliphatic carbocycles. The number of hydrogen-bond donors (Lipinski definition) is 1. The van der Waals surface area contributed by atoms with Crippen molar-refractivity contribution in [2.75, 3.05) is 49.1 Å². The van der Waals surface area contributed by atoms with Crippen LogP contribution in [0.2, 0.25) is 0 Å². The molecule has 1 N–H and O–H groups in total. The number of rotatable bonds is 16.